The van der Waals surface area contributed by atoms with Gasteiger partial charge in [0.1, 0.15) is 0 Å². The zero-order valence-electron chi connectivity index (χ0n) is 9.40. The lowest BCUT2D eigenvalue weighted by atomic mass is 10.2. The van der Waals surface area contributed by atoms with Crippen molar-refractivity contribution in [2.24, 2.45) is 0 Å². The Bertz CT molecular complexity index is 342. The molecule has 0 saturated carbocycles. The number of nitrogens with one attached hydrogen (secondary N) is 1. The predicted octanol–water partition coefficient (Wildman–Crippen LogP) is 2.94. The molecule has 1 aromatic carbocycles. The first-order valence-corrected chi connectivity index (χ1v) is 6.54. The van der Waals surface area contributed by atoms with Gasteiger partial charge in [0.2, 0.25) is 0 Å². The summed E-state index contributed by atoms with van der Waals surface area (Å²) in [5.74, 6) is 1.40. The Hall–Kier alpha value is -1.16. The number of hydrogen-bond donors (Lipinski definition) is 2. The van der Waals surface area contributed by atoms with Crippen LogP contribution in [-0.4, -0.2) is 29.1 Å². The lowest BCUT2D eigenvalue weighted by molar-refractivity contribution is 0.0697. The number of anilines is 1. The predicted molar refractivity (Wildman–Crippen MR) is 69.5 cm³/mol. The van der Waals surface area contributed by atoms with Gasteiger partial charge >= 0.3 is 5.97 Å². The Kier molecular flexibility index (Phi) is 5.78. The van der Waals surface area contributed by atoms with Gasteiger partial charge in [-0.15, -0.1) is 0 Å². The second-order valence-electron chi connectivity index (χ2n) is 3.36. The van der Waals surface area contributed by atoms with Crippen molar-refractivity contribution in [2.75, 3.05) is 23.4 Å². The molecular weight excluding hydrogens is 222 g/mol. The van der Waals surface area contributed by atoms with Crippen LogP contribution in [0.1, 0.15) is 23.7 Å². The average molecular weight is 239 g/mol. The van der Waals surface area contributed by atoms with Gasteiger partial charge in [-0.3, -0.25) is 0 Å². The fourth-order valence-electron chi connectivity index (χ4n) is 1.31. The molecule has 1 rings (SSSR count). The van der Waals surface area contributed by atoms with Crippen LogP contribution in [0.5, 0.6) is 0 Å². The maximum Gasteiger partial charge on any atom is 0.335 e. The lowest BCUT2D eigenvalue weighted by Crippen LogP contribution is -2.04. The van der Waals surface area contributed by atoms with Gasteiger partial charge in [-0.1, -0.05) is 13.0 Å². The van der Waals surface area contributed by atoms with Gasteiger partial charge in [0.15, 0.2) is 0 Å². The monoisotopic (exact) mass is 239 g/mol. The smallest absolute Gasteiger partial charge is 0.335 e. The summed E-state index contributed by atoms with van der Waals surface area (Å²) in [7, 11) is 0. The molecule has 0 heterocycles. The van der Waals surface area contributed by atoms with Crippen molar-refractivity contribution in [2.45, 2.75) is 13.3 Å². The van der Waals surface area contributed by atoms with Gasteiger partial charge in [-0.2, -0.15) is 11.8 Å². The molecule has 16 heavy (non-hydrogen) atoms. The normalized spacial score (nSPS) is 10.1. The van der Waals surface area contributed by atoms with Crippen LogP contribution in [0.15, 0.2) is 24.3 Å². The van der Waals surface area contributed by atoms with Crippen molar-refractivity contribution in [3.8, 4) is 0 Å². The molecule has 0 radical (unpaired) electrons. The zero-order chi connectivity index (χ0) is 11.8. The van der Waals surface area contributed by atoms with E-state index in [1.165, 1.54) is 0 Å². The van der Waals surface area contributed by atoms with E-state index in [1.54, 1.807) is 18.2 Å². The van der Waals surface area contributed by atoms with E-state index >= 15 is 0 Å². The Morgan fingerprint density at radius 3 is 3.00 bits per heavy atom. The molecule has 0 aliphatic carbocycles. The second kappa shape index (κ2) is 7.17. The number of aromatic carboxylic acids is 1. The summed E-state index contributed by atoms with van der Waals surface area (Å²) in [6, 6.07) is 6.90. The third-order valence-corrected chi connectivity index (χ3v) is 3.09. The molecule has 88 valence electrons. The van der Waals surface area contributed by atoms with Crippen LogP contribution >= 0.6 is 11.8 Å². The summed E-state index contributed by atoms with van der Waals surface area (Å²) in [5, 5.41) is 12.0. The van der Waals surface area contributed by atoms with E-state index in [-0.39, 0.29) is 0 Å². The third-order valence-electron chi connectivity index (χ3n) is 2.11. The molecule has 0 amide bonds. The zero-order valence-corrected chi connectivity index (χ0v) is 10.2. The standard InChI is InChI=1S/C12H17NO2S/c1-2-16-8-4-7-13-11-6-3-5-10(9-11)12(14)15/h3,5-6,9,13H,2,4,7-8H2,1H3,(H,14,15). The number of hydrogen-bond acceptors (Lipinski definition) is 3. The Balaban J connectivity index is 2.36. The molecule has 0 aliphatic rings. The molecule has 0 fully saturated rings. The Morgan fingerprint density at radius 1 is 1.50 bits per heavy atom. The van der Waals surface area contributed by atoms with E-state index in [1.807, 2.05) is 17.8 Å². The molecule has 0 unspecified atom stereocenters. The van der Waals surface area contributed by atoms with Gasteiger partial charge in [-0.25, -0.2) is 4.79 Å². The number of benzene rings is 1. The molecule has 2 N–H and O–H groups in total. The fourth-order valence-corrected chi connectivity index (χ4v) is 1.95. The molecule has 0 atom stereocenters. The van der Waals surface area contributed by atoms with Crippen LogP contribution in [0, 0.1) is 0 Å². The van der Waals surface area contributed by atoms with Crippen LogP contribution < -0.4 is 5.32 Å². The minimum Gasteiger partial charge on any atom is -0.478 e. The highest BCUT2D eigenvalue weighted by Crippen LogP contribution is 2.11. The maximum absolute atomic E-state index is 10.7. The first kappa shape index (κ1) is 12.9. The van der Waals surface area contributed by atoms with Crippen molar-refractivity contribution in [3.05, 3.63) is 29.8 Å². The van der Waals surface area contributed by atoms with Crippen molar-refractivity contribution in [1.82, 2.24) is 0 Å². The van der Waals surface area contributed by atoms with E-state index in [0.717, 1.165) is 30.2 Å². The molecular formula is C12H17NO2S. The van der Waals surface area contributed by atoms with Crippen LogP contribution in [0.4, 0.5) is 5.69 Å². The summed E-state index contributed by atoms with van der Waals surface area (Å²) in [6.07, 6.45) is 1.09. The largest absolute Gasteiger partial charge is 0.478 e. The highest BCUT2D eigenvalue weighted by atomic mass is 32.2. The molecule has 0 aliphatic heterocycles. The van der Waals surface area contributed by atoms with E-state index in [2.05, 4.69) is 12.2 Å². The van der Waals surface area contributed by atoms with Gasteiger partial charge in [-0.05, 0) is 36.1 Å². The number of rotatable bonds is 7. The lowest BCUT2D eigenvalue weighted by Gasteiger charge is -2.06. The number of carbonyl (C=O) groups is 1. The summed E-state index contributed by atoms with van der Waals surface area (Å²) < 4.78 is 0. The Labute approximate surface area is 100 Å². The quantitative estimate of drug-likeness (QED) is 0.718. The first-order valence-electron chi connectivity index (χ1n) is 5.39. The fraction of sp³-hybridized carbons (Fsp3) is 0.417. The van der Waals surface area contributed by atoms with Crippen LogP contribution in [0.2, 0.25) is 0 Å². The van der Waals surface area contributed by atoms with Crippen LogP contribution in [-0.2, 0) is 0 Å². The topological polar surface area (TPSA) is 49.3 Å². The molecule has 0 bridgehead atoms. The number of carboxylic acids is 1. The number of carboxylic acid groups (broad SMARTS) is 1. The van der Waals surface area contributed by atoms with E-state index in [9.17, 15) is 4.79 Å². The molecule has 1 aromatic rings. The van der Waals surface area contributed by atoms with Crippen LogP contribution in [0.3, 0.4) is 0 Å². The average Bonchev–Trinajstić information content (AvgIpc) is 2.29. The second-order valence-corrected chi connectivity index (χ2v) is 4.76. The minimum absolute atomic E-state index is 0.327. The molecule has 4 heteroatoms. The Morgan fingerprint density at radius 2 is 2.31 bits per heavy atom. The van der Waals surface area contributed by atoms with E-state index in [0.29, 0.717) is 5.56 Å². The summed E-state index contributed by atoms with van der Waals surface area (Å²) in [4.78, 5) is 10.7. The van der Waals surface area contributed by atoms with Crippen molar-refractivity contribution >= 4 is 23.4 Å². The molecule has 0 spiro atoms. The van der Waals surface area contributed by atoms with Crippen molar-refractivity contribution in [3.63, 3.8) is 0 Å². The van der Waals surface area contributed by atoms with Gasteiger partial charge in [0.05, 0.1) is 5.56 Å². The van der Waals surface area contributed by atoms with Gasteiger partial charge in [0.25, 0.3) is 0 Å². The van der Waals surface area contributed by atoms with Crippen LogP contribution in [0.25, 0.3) is 0 Å². The maximum atomic E-state index is 10.7. The molecule has 0 saturated heterocycles. The SMILES string of the molecule is CCSCCCNc1cccc(C(=O)O)c1. The highest BCUT2D eigenvalue weighted by Gasteiger charge is 2.02. The van der Waals surface area contributed by atoms with Gasteiger partial charge < -0.3 is 10.4 Å². The van der Waals surface area contributed by atoms with Crippen molar-refractivity contribution < 1.29 is 9.90 Å². The summed E-state index contributed by atoms with van der Waals surface area (Å²) in [5.41, 5.74) is 1.20. The van der Waals surface area contributed by atoms with E-state index < -0.39 is 5.97 Å². The first-order chi connectivity index (χ1) is 7.74. The van der Waals surface area contributed by atoms with Gasteiger partial charge in [0, 0.05) is 12.2 Å². The number of thioether (sulfide) groups is 1. The third kappa shape index (κ3) is 4.57. The minimum atomic E-state index is -0.884. The summed E-state index contributed by atoms with van der Waals surface area (Å²) in [6.45, 7) is 3.03. The van der Waals surface area contributed by atoms with E-state index in [4.69, 9.17) is 5.11 Å². The van der Waals surface area contributed by atoms with Crippen molar-refractivity contribution in [1.29, 1.82) is 0 Å². The highest BCUT2D eigenvalue weighted by molar-refractivity contribution is 7.99. The molecule has 3 nitrogen and oxygen atoms in total. The summed E-state index contributed by atoms with van der Waals surface area (Å²) >= 11 is 1.92. The molecule has 0 aromatic heterocycles.